The summed E-state index contributed by atoms with van der Waals surface area (Å²) < 4.78 is 16.0. The Morgan fingerprint density at radius 1 is 1.00 bits per heavy atom. The molecule has 2 aromatic carbocycles. The second kappa shape index (κ2) is 8.82. The molecule has 1 N–H and O–H groups in total. The number of rotatable bonds is 5. The van der Waals surface area contributed by atoms with E-state index in [1.807, 2.05) is 42.2 Å². The van der Waals surface area contributed by atoms with Gasteiger partial charge in [0, 0.05) is 30.9 Å². The Labute approximate surface area is 190 Å². The lowest BCUT2D eigenvalue weighted by Gasteiger charge is -2.30. The highest BCUT2D eigenvalue weighted by Gasteiger charge is 2.24. The molecule has 7 nitrogen and oxygen atoms in total. The third-order valence-corrected chi connectivity index (χ3v) is 5.71. The molecular formula is C25H23FN6O. The van der Waals surface area contributed by atoms with E-state index in [0.29, 0.717) is 42.1 Å². The molecule has 1 aliphatic heterocycles. The highest BCUT2D eigenvalue weighted by atomic mass is 19.1. The molecular weight excluding hydrogens is 419 g/mol. The molecule has 0 aliphatic carbocycles. The molecule has 0 spiro atoms. The van der Waals surface area contributed by atoms with Crippen molar-refractivity contribution in [3.63, 3.8) is 0 Å². The van der Waals surface area contributed by atoms with E-state index in [4.69, 9.17) is 0 Å². The van der Waals surface area contributed by atoms with Gasteiger partial charge in [0.2, 0.25) is 11.9 Å². The Morgan fingerprint density at radius 2 is 1.79 bits per heavy atom. The summed E-state index contributed by atoms with van der Waals surface area (Å²) in [5.41, 5.74) is 1.51. The number of nitrogens with one attached hydrogen (secondary N) is 1. The minimum absolute atomic E-state index is 0.0171. The minimum atomic E-state index is -0.417. The zero-order chi connectivity index (χ0) is 22.8. The van der Waals surface area contributed by atoms with Crippen LogP contribution >= 0.6 is 0 Å². The first-order valence-corrected chi connectivity index (χ1v) is 10.9. The molecule has 166 valence electrons. The van der Waals surface area contributed by atoms with Gasteiger partial charge in [-0.25, -0.2) is 14.4 Å². The number of benzene rings is 2. The lowest BCUT2D eigenvalue weighted by Crippen LogP contribution is -2.36. The van der Waals surface area contributed by atoms with E-state index < -0.39 is 5.82 Å². The molecule has 0 amide bonds. The van der Waals surface area contributed by atoms with Crippen LogP contribution in [0.1, 0.15) is 24.9 Å². The van der Waals surface area contributed by atoms with Gasteiger partial charge in [-0.2, -0.15) is 4.98 Å². The van der Waals surface area contributed by atoms with Crippen LogP contribution in [0.2, 0.25) is 0 Å². The van der Waals surface area contributed by atoms with Crippen LogP contribution in [0.3, 0.4) is 0 Å². The zero-order valence-electron chi connectivity index (χ0n) is 18.1. The summed E-state index contributed by atoms with van der Waals surface area (Å²) in [6, 6.07) is 19.6. The maximum Gasteiger partial charge on any atom is 0.255 e. The van der Waals surface area contributed by atoms with Gasteiger partial charge in [0.25, 0.3) is 5.56 Å². The Kier molecular flexibility index (Phi) is 5.56. The summed E-state index contributed by atoms with van der Waals surface area (Å²) in [6.07, 6.45) is 2.45. The minimum Gasteiger partial charge on any atom is -0.348 e. The zero-order valence-corrected chi connectivity index (χ0v) is 18.1. The Hall–Kier alpha value is -4.07. The maximum absolute atomic E-state index is 14.4. The van der Waals surface area contributed by atoms with Crippen molar-refractivity contribution in [1.29, 1.82) is 0 Å². The number of halogens is 1. The van der Waals surface area contributed by atoms with Crippen molar-refractivity contribution in [2.24, 2.45) is 0 Å². The lowest BCUT2D eigenvalue weighted by molar-refractivity contribution is 0.561. The first-order valence-electron chi connectivity index (χ1n) is 10.9. The Morgan fingerprint density at radius 3 is 2.61 bits per heavy atom. The van der Waals surface area contributed by atoms with Crippen molar-refractivity contribution in [2.75, 3.05) is 16.8 Å². The predicted molar refractivity (Wildman–Crippen MR) is 126 cm³/mol. The van der Waals surface area contributed by atoms with Gasteiger partial charge >= 0.3 is 0 Å². The average molecular weight is 442 g/mol. The largest absolute Gasteiger partial charge is 0.348 e. The normalized spacial score (nSPS) is 13.9. The summed E-state index contributed by atoms with van der Waals surface area (Å²) in [4.78, 5) is 28.4. The molecule has 4 aromatic rings. The number of fused-ring (bicyclic) bond motifs is 1. The smallest absolute Gasteiger partial charge is 0.255 e. The fourth-order valence-electron chi connectivity index (χ4n) is 4.01. The fourth-order valence-corrected chi connectivity index (χ4v) is 4.01. The standard InChI is InChI=1S/C25H23FN6O/c1-17(18-8-3-2-4-9-18)28-24-27-13-12-22(30-24)31-14-7-15-32-23(33)16-21(29-25(31)32)19-10-5-6-11-20(19)26/h2-6,8-13,16-17H,7,14-15H2,1H3,(H,27,28,30)/t17-/m0/s1. The molecule has 5 rings (SSSR count). The van der Waals surface area contributed by atoms with Gasteiger partial charge < -0.3 is 5.32 Å². The predicted octanol–water partition coefficient (Wildman–Crippen LogP) is 4.55. The molecule has 1 atom stereocenters. The van der Waals surface area contributed by atoms with Crippen LogP contribution in [0.4, 0.5) is 22.1 Å². The molecule has 0 fully saturated rings. The highest BCUT2D eigenvalue weighted by molar-refractivity contribution is 5.63. The number of nitrogens with zero attached hydrogens (tertiary/aromatic N) is 5. The SMILES string of the molecule is C[C@H](Nc1nccc(N2CCCn3c2nc(-c2ccccc2F)cc3=O)n1)c1ccccc1. The molecule has 2 aromatic heterocycles. The van der Waals surface area contributed by atoms with Crippen LogP contribution in [0.5, 0.6) is 0 Å². The molecule has 0 radical (unpaired) electrons. The summed E-state index contributed by atoms with van der Waals surface area (Å²) in [6.45, 7) is 3.23. The number of hydrogen-bond donors (Lipinski definition) is 1. The Balaban J connectivity index is 1.50. The highest BCUT2D eigenvalue weighted by Crippen LogP contribution is 2.29. The molecule has 1 aliphatic rings. The van der Waals surface area contributed by atoms with E-state index in [1.165, 1.54) is 12.1 Å². The van der Waals surface area contributed by atoms with Crippen molar-refractivity contribution in [1.82, 2.24) is 19.5 Å². The molecule has 0 saturated carbocycles. The van der Waals surface area contributed by atoms with Gasteiger partial charge in [0.05, 0.1) is 11.7 Å². The van der Waals surface area contributed by atoms with Gasteiger partial charge in [0.1, 0.15) is 11.6 Å². The summed E-state index contributed by atoms with van der Waals surface area (Å²) in [5.74, 6) is 1.14. The molecule has 0 saturated heterocycles. The molecule has 0 bridgehead atoms. The van der Waals surface area contributed by atoms with Crippen molar-refractivity contribution in [3.8, 4) is 11.3 Å². The van der Waals surface area contributed by atoms with E-state index in [2.05, 4.69) is 20.3 Å². The van der Waals surface area contributed by atoms with Gasteiger partial charge in [-0.15, -0.1) is 0 Å². The van der Waals surface area contributed by atoms with Crippen LogP contribution in [0, 0.1) is 5.82 Å². The quantitative estimate of drug-likeness (QED) is 0.489. The van der Waals surface area contributed by atoms with Gasteiger partial charge in [-0.05, 0) is 37.1 Å². The number of anilines is 3. The molecule has 3 heterocycles. The van der Waals surface area contributed by atoms with E-state index in [1.54, 1.807) is 35.0 Å². The molecule has 0 unspecified atom stereocenters. The first kappa shape index (κ1) is 20.8. The number of aromatic nitrogens is 4. The Bertz CT molecular complexity index is 1340. The van der Waals surface area contributed by atoms with Crippen molar-refractivity contribution < 1.29 is 4.39 Å². The lowest BCUT2D eigenvalue weighted by atomic mass is 10.1. The maximum atomic E-state index is 14.4. The molecule has 33 heavy (non-hydrogen) atoms. The van der Waals surface area contributed by atoms with Crippen LogP contribution in [-0.4, -0.2) is 26.1 Å². The second-order valence-electron chi connectivity index (χ2n) is 7.93. The molecule has 8 heteroatoms. The van der Waals surface area contributed by atoms with Gasteiger partial charge in [-0.1, -0.05) is 42.5 Å². The van der Waals surface area contributed by atoms with Crippen LogP contribution in [0.15, 0.2) is 77.7 Å². The third kappa shape index (κ3) is 4.19. The topological polar surface area (TPSA) is 75.9 Å². The second-order valence-corrected chi connectivity index (χ2v) is 7.93. The van der Waals surface area contributed by atoms with Crippen LogP contribution in [0.25, 0.3) is 11.3 Å². The average Bonchev–Trinajstić information content (AvgIpc) is 2.84. The van der Waals surface area contributed by atoms with E-state index in [-0.39, 0.29) is 11.6 Å². The van der Waals surface area contributed by atoms with E-state index in [0.717, 1.165) is 12.0 Å². The number of hydrogen-bond acceptors (Lipinski definition) is 6. The summed E-state index contributed by atoms with van der Waals surface area (Å²) in [5, 5.41) is 3.33. The van der Waals surface area contributed by atoms with Gasteiger partial charge in [0.15, 0.2) is 0 Å². The third-order valence-electron chi connectivity index (χ3n) is 5.71. The van der Waals surface area contributed by atoms with Crippen molar-refractivity contribution >= 4 is 17.7 Å². The van der Waals surface area contributed by atoms with Crippen LogP contribution < -0.4 is 15.8 Å². The van der Waals surface area contributed by atoms with E-state index in [9.17, 15) is 9.18 Å². The summed E-state index contributed by atoms with van der Waals surface area (Å²) >= 11 is 0. The van der Waals surface area contributed by atoms with Crippen LogP contribution in [-0.2, 0) is 6.54 Å². The summed E-state index contributed by atoms with van der Waals surface area (Å²) in [7, 11) is 0. The first-order chi connectivity index (χ1) is 16.1. The van der Waals surface area contributed by atoms with Crippen molar-refractivity contribution in [3.05, 3.63) is 94.7 Å². The van der Waals surface area contributed by atoms with E-state index >= 15 is 0 Å². The van der Waals surface area contributed by atoms with Gasteiger partial charge in [-0.3, -0.25) is 14.3 Å². The monoisotopic (exact) mass is 442 g/mol. The fraction of sp³-hybridized carbons (Fsp3) is 0.200. The van der Waals surface area contributed by atoms with Crippen molar-refractivity contribution in [2.45, 2.75) is 25.9 Å².